The molecule has 0 aromatic heterocycles. The second kappa shape index (κ2) is 6.43. The van der Waals surface area contributed by atoms with Crippen LogP contribution in [-0.4, -0.2) is 5.91 Å². The van der Waals surface area contributed by atoms with Crippen LogP contribution in [0.2, 0.25) is 0 Å². The predicted molar refractivity (Wildman–Crippen MR) is 83.6 cm³/mol. The van der Waals surface area contributed by atoms with Crippen molar-refractivity contribution in [3.8, 4) is 0 Å². The van der Waals surface area contributed by atoms with Gasteiger partial charge in [0.15, 0.2) is 0 Å². The van der Waals surface area contributed by atoms with E-state index in [-0.39, 0.29) is 17.2 Å². The Bertz CT molecular complexity index is 453. The summed E-state index contributed by atoms with van der Waals surface area (Å²) in [7, 11) is 0. The van der Waals surface area contributed by atoms with E-state index in [9.17, 15) is 4.79 Å². The van der Waals surface area contributed by atoms with Crippen molar-refractivity contribution in [1.82, 2.24) is 5.32 Å². The van der Waals surface area contributed by atoms with E-state index < -0.39 is 0 Å². The molecule has 2 rings (SSSR count). The first kappa shape index (κ1) is 15.1. The van der Waals surface area contributed by atoms with Crippen LogP contribution in [0.15, 0.2) is 24.3 Å². The standard InChI is InChI=1S/C18H27NO/c1-18(2,3)16-11-7-8-14(12-16)13-19-17(20)15-9-5-4-6-10-15/h7-8,11-12,15H,4-6,9-10,13H2,1-3H3,(H,19,20). The predicted octanol–water partition coefficient (Wildman–Crippen LogP) is 4.18. The summed E-state index contributed by atoms with van der Waals surface area (Å²) in [6.45, 7) is 7.30. The fourth-order valence-corrected chi connectivity index (χ4v) is 2.85. The Morgan fingerprint density at radius 2 is 1.90 bits per heavy atom. The summed E-state index contributed by atoms with van der Waals surface area (Å²) >= 11 is 0. The molecular formula is C18H27NO. The van der Waals surface area contributed by atoms with Crippen molar-refractivity contribution >= 4 is 5.91 Å². The fourth-order valence-electron chi connectivity index (χ4n) is 2.85. The van der Waals surface area contributed by atoms with Crippen LogP contribution in [0.1, 0.15) is 64.0 Å². The number of amides is 1. The minimum atomic E-state index is 0.156. The zero-order chi connectivity index (χ0) is 14.6. The van der Waals surface area contributed by atoms with Gasteiger partial charge in [-0.2, -0.15) is 0 Å². The summed E-state index contributed by atoms with van der Waals surface area (Å²) in [6, 6.07) is 8.55. The number of hydrogen-bond acceptors (Lipinski definition) is 1. The lowest BCUT2D eigenvalue weighted by Crippen LogP contribution is -2.31. The van der Waals surface area contributed by atoms with Crippen molar-refractivity contribution in [2.45, 2.75) is 64.8 Å². The molecule has 1 aromatic carbocycles. The molecule has 0 unspecified atom stereocenters. The van der Waals surface area contributed by atoms with Crippen LogP contribution in [0.3, 0.4) is 0 Å². The van der Waals surface area contributed by atoms with Gasteiger partial charge in [-0.1, -0.05) is 64.3 Å². The Balaban J connectivity index is 1.92. The molecule has 0 atom stereocenters. The van der Waals surface area contributed by atoms with E-state index in [2.05, 4.69) is 50.4 Å². The normalized spacial score (nSPS) is 16.9. The molecule has 20 heavy (non-hydrogen) atoms. The third kappa shape index (κ3) is 4.09. The molecule has 0 spiro atoms. The highest BCUT2D eigenvalue weighted by Crippen LogP contribution is 2.24. The van der Waals surface area contributed by atoms with Gasteiger partial charge in [0, 0.05) is 12.5 Å². The lowest BCUT2D eigenvalue weighted by molar-refractivity contribution is -0.126. The Kier molecular flexibility index (Phi) is 4.85. The Morgan fingerprint density at radius 3 is 2.55 bits per heavy atom. The number of carbonyl (C=O) groups is 1. The average molecular weight is 273 g/mol. The Hall–Kier alpha value is -1.31. The van der Waals surface area contributed by atoms with E-state index >= 15 is 0 Å². The van der Waals surface area contributed by atoms with Crippen molar-refractivity contribution in [1.29, 1.82) is 0 Å². The van der Waals surface area contributed by atoms with Crippen LogP contribution >= 0.6 is 0 Å². The molecule has 0 radical (unpaired) electrons. The number of hydrogen-bond donors (Lipinski definition) is 1. The fraction of sp³-hybridized carbons (Fsp3) is 0.611. The van der Waals surface area contributed by atoms with Gasteiger partial charge in [0.05, 0.1) is 0 Å². The SMILES string of the molecule is CC(C)(C)c1cccc(CNC(=O)C2CCCCC2)c1. The molecule has 1 aliphatic rings. The summed E-state index contributed by atoms with van der Waals surface area (Å²) in [5, 5.41) is 3.11. The molecule has 0 aliphatic heterocycles. The van der Waals surface area contributed by atoms with Gasteiger partial charge >= 0.3 is 0 Å². The van der Waals surface area contributed by atoms with E-state index in [1.165, 1.54) is 30.4 Å². The van der Waals surface area contributed by atoms with E-state index in [1.807, 2.05) is 0 Å². The average Bonchev–Trinajstić information content (AvgIpc) is 2.45. The Labute approximate surface area is 123 Å². The monoisotopic (exact) mass is 273 g/mol. The van der Waals surface area contributed by atoms with Gasteiger partial charge in [-0.25, -0.2) is 0 Å². The molecule has 1 aromatic rings. The summed E-state index contributed by atoms with van der Waals surface area (Å²) < 4.78 is 0. The maximum absolute atomic E-state index is 12.1. The quantitative estimate of drug-likeness (QED) is 0.879. The van der Waals surface area contributed by atoms with Gasteiger partial charge in [0.2, 0.25) is 5.91 Å². The summed E-state index contributed by atoms with van der Waals surface area (Å²) in [5.74, 6) is 0.486. The zero-order valence-corrected chi connectivity index (χ0v) is 13.0. The third-order valence-corrected chi connectivity index (χ3v) is 4.24. The summed E-state index contributed by atoms with van der Waals surface area (Å²) in [6.07, 6.45) is 5.83. The first-order valence-electron chi connectivity index (χ1n) is 7.84. The number of rotatable bonds is 3. The Morgan fingerprint density at radius 1 is 1.20 bits per heavy atom. The van der Waals surface area contributed by atoms with Gasteiger partial charge in [-0.05, 0) is 29.4 Å². The molecule has 1 amide bonds. The summed E-state index contributed by atoms with van der Waals surface area (Å²) in [5.41, 5.74) is 2.67. The molecule has 0 bridgehead atoms. The molecular weight excluding hydrogens is 246 g/mol. The maximum atomic E-state index is 12.1. The first-order chi connectivity index (χ1) is 9.47. The van der Waals surface area contributed by atoms with Gasteiger partial charge < -0.3 is 5.32 Å². The largest absolute Gasteiger partial charge is 0.352 e. The highest BCUT2D eigenvalue weighted by Gasteiger charge is 2.20. The van der Waals surface area contributed by atoms with E-state index in [0.717, 1.165) is 12.8 Å². The van der Waals surface area contributed by atoms with Crippen molar-refractivity contribution < 1.29 is 4.79 Å². The topological polar surface area (TPSA) is 29.1 Å². The molecule has 2 nitrogen and oxygen atoms in total. The van der Waals surface area contributed by atoms with Gasteiger partial charge in [-0.15, -0.1) is 0 Å². The number of carbonyl (C=O) groups excluding carboxylic acids is 1. The zero-order valence-electron chi connectivity index (χ0n) is 13.0. The molecule has 1 N–H and O–H groups in total. The maximum Gasteiger partial charge on any atom is 0.223 e. The molecule has 0 heterocycles. The van der Waals surface area contributed by atoms with Crippen molar-refractivity contribution in [2.75, 3.05) is 0 Å². The van der Waals surface area contributed by atoms with Gasteiger partial charge in [-0.3, -0.25) is 4.79 Å². The summed E-state index contributed by atoms with van der Waals surface area (Å²) in [4.78, 5) is 12.1. The second-order valence-corrected chi connectivity index (χ2v) is 7.00. The molecule has 2 heteroatoms. The molecule has 0 saturated heterocycles. The number of nitrogens with one attached hydrogen (secondary N) is 1. The molecule has 1 saturated carbocycles. The number of benzene rings is 1. The highest BCUT2D eigenvalue weighted by molar-refractivity contribution is 5.78. The third-order valence-electron chi connectivity index (χ3n) is 4.24. The van der Waals surface area contributed by atoms with E-state index in [0.29, 0.717) is 6.54 Å². The van der Waals surface area contributed by atoms with Crippen molar-refractivity contribution in [2.24, 2.45) is 5.92 Å². The van der Waals surface area contributed by atoms with E-state index in [1.54, 1.807) is 0 Å². The van der Waals surface area contributed by atoms with Crippen molar-refractivity contribution in [3.63, 3.8) is 0 Å². The smallest absolute Gasteiger partial charge is 0.223 e. The van der Waals surface area contributed by atoms with Crippen LogP contribution < -0.4 is 5.32 Å². The lowest BCUT2D eigenvalue weighted by atomic mass is 9.86. The van der Waals surface area contributed by atoms with Gasteiger partial charge in [0.1, 0.15) is 0 Å². The second-order valence-electron chi connectivity index (χ2n) is 7.00. The minimum absolute atomic E-state index is 0.156. The van der Waals surface area contributed by atoms with Crippen LogP contribution in [0.4, 0.5) is 0 Å². The van der Waals surface area contributed by atoms with Crippen LogP contribution in [0.25, 0.3) is 0 Å². The van der Waals surface area contributed by atoms with Crippen molar-refractivity contribution in [3.05, 3.63) is 35.4 Å². The van der Waals surface area contributed by atoms with Gasteiger partial charge in [0.25, 0.3) is 0 Å². The van der Waals surface area contributed by atoms with Crippen LogP contribution in [-0.2, 0) is 16.8 Å². The molecule has 1 fully saturated rings. The van der Waals surface area contributed by atoms with Crippen LogP contribution in [0.5, 0.6) is 0 Å². The highest BCUT2D eigenvalue weighted by atomic mass is 16.1. The molecule has 110 valence electrons. The van der Waals surface area contributed by atoms with E-state index in [4.69, 9.17) is 0 Å². The first-order valence-corrected chi connectivity index (χ1v) is 7.84. The minimum Gasteiger partial charge on any atom is -0.352 e. The molecule has 1 aliphatic carbocycles. The lowest BCUT2D eigenvalue weighted by Gasteiger charge is -2.22. The van der Waals surface area contributed by atoms with Crippen LogP contribution in [0, 0.1) is 5.92 Å².